The molecule has 1 aliphatic heterocycles. The molecule has 1 fully saturated rings. The van der Waals surface area contributed by atoms with Gasteiger partial charge in [0.25, 0.3) is 0 Å². The Hall–Kier alpha value is -2.59. The van der Waals surface area contributed by atoms with Gasteiger partial charge in [-0.2, -0.15) is 0 Å². The van der Waals surface area contributed by atoms with E-state index in [9.17, 15) is 0 Å². The van der Waals surface area contributed by atoms with E-state index in [2.05, 4.69) is 53.5 Å². The van der Waals surface area contributed by atoms with Crippen LogP contribution in [0.1, 0.15) is 12.1 Å². The molecule has 134 valence electrons. The van der Waals surface area contributed by atoms with Gasteiger partial charge in [-0.25, -0.2) is 4.98 Å². The second-order valence-electron chi connectivity index (χ2n) is 6.73. The van der Waals surface area contributed by atoms with Gasteiger partial charge >= 0.3 is 0 Å². The summed E-state index contributed by atoms with van der Waals surface area (Å²) in [5.41, 5.74) is 3.30. The highest BCUT2D eigenvalue weighted by molar-refractivity contribution is 6.04. The summed E-state index contributed by atoms with van der Waals surface area (Å²) >= 11 is 0. The average Bonchev–Trinajstić information content (AvgIpc) is 2.97. The maximum atomic E-state index is 5.62. The molecule has 2 heterocycles. The van der Waals surface area contributed by atoms with Crippen LogP contribution in [-0.2, 0) is 0 Å². The molecule has 26 heavy (non-hydrogen) atoms. The van der Waals surface area contributed by atoms with Gasteiger partial charge in [-0.15, -0.1) is 0 Å². The number of hydrogen-bond donors (Lipinski definition) is 1. The molecule has 4 rings (SSSR count). The molecular weight excluding hydrogens is 322 g/mol. The number of ether oxygens (including phenoxy) is 1. The van der Waals surface area contributed by atoms with Crippen LogP contribution < -0.4 is 15.0 Å². The monoisotopic (exact) mass is 347 g/mol. The van der Waals surface area contributed by atoms with Crippen LogP contribution >= 0.6 is 0 Å². The van der Waals surface area contributed by atoms with Crippen LogP contribution in [0, 0.1) is 6.92 Å². The molecule has 4 nitrogen and oxygen atoms in total. The first kappa shape index (κ1) is 16.9. The van der Waals surface area contributed by atoms with Gasteiger partial charge in [0.2, 0.25) is 0 Å². The van der Waals surface area contributed by atoms with E-state index in [1.807, 2.05) is 12.1 Å². The van der Waals surface area contributed by atoms with Gasteiger partial charge < -0.3 is 15.0 Å². The lowest BCUT2D eigenvalue weighted by Gasteiger charge is -2.25. The fourth-order valence-corrected chi connectivity index (χ4v) is 3.86. The minimum atomic E-state index is 0.884. The smallest absolute Gasteiger partial charge is 0.136 e. The summed E-state index contributed by atoms with van der Waals surface area (Å²) in [6.45, 7) is 6.21. The standard InChI is InChI=1S/C22H25N3O/c1-16-21(19-10-5-6-11-20(19)26-2)17-8-3-4-9-18(17)22(24-16)25-14-7-12-23-13-15-25/h3-6,8-11,23H,7,12-15H2,1-2H3. The maximum Gasteiger partial charge on any atom is 0.136 e. The normalized spacial score (nSPS) is 15.1. The first-order chi connectivity index (χ1) is 12.8. The largest absolute Gasteiger partial charge is 0.496 e. The van der Waals surface area contributed by atoms with E-state index in [1.54, 1.807) is 7.11 Å². The fourth-order valence-electron chi connectivity index (χ4n) is 3.86. The minimum absolute atomic E-state index is 0.884. The van der Waals surface area contributed by atoms with Crippen LogP contribution in [-0.4, -0.2) is 38.3 Å². The number of aromatic nitrogens is 1. The molecule has 0 atom stereocenters. The molecule has 0 unspecified atom stereocenters. The van der Waals surface area contributed by atoms with E-state index in [1.165, 1.54) is 10.8 Å². The van der Waals surface area contributed by atoms with Crippen molar-refractivity contribution in [3.8, 4) is 16.9 Å². The van der Waals surface area contributed by atoms with Gasteiger partial charge in [0.1, 0.15) is 11.6 Å². The number of nitrogens with zero attached hydrogens (tertiary/aromatic N) is 2. The fraction of sp³-hybridized carbons (Fsp3) is 0.318. The number of para-hydroxylation sites is 1. The van der Waals surface area contributed by atoms with Gasteiger partial charge in [-0.05, 0) is 31.3 Å². The topological polar surface area (TPSA) is 37.4 Å². The van der Waals surface area contributed by atoms with Gasteiger partial charge in [0.05, 0.1) is 7.11 Å². The number of pyridine rings is 1. The Morgan fingerprint density at radius 3 is 2.58 bits per heavy atom. The van der Waals surface area contributed by atoms with E-state index in [4.69, 9.17) is 9.72 Å². The molecule has 0 spiro atoms. The lowest BCUT2D eigenvalue weighted by Crippen LogP contribution is -2.29. The minimum Gasteiger partial charge on any atom is -0.496 e. The second-order valence-corrected chi connectivity index (χ2v) is 6.73. The Kier molecular flexibility index (Phi) is 4.76. The number of benzene rings is 2. The maximum absolute atomic E-state index is 5.62. The van der Waals surface area contributed by atoms with Crippen molar-refractivity contribution in [2.45, 2.75) is 13.3 Å². The molecule has 1 aliphatic rings. The Balaban J connectivity index is 1.94. The molecule has 1 aromatic heterocycles. The van der Waals surface area contributed by atoms with Crippen LogP contribution in [0.4, 0.5) is 5.82 Å². The summed E-state index contributed by atoms with van der Waals surface area (Å²) in [6, 6.07) is 16.8. The number of aryl methyl sites for hydroxylation is 1. The third-order valence-electron chi connectivity index (χ3n) is 5.09. The Morgan fingerprint density at radius 2 is 1.73 bits per heavy atom. The van der Waals surface area contributed by atoms with Crippen molar-refractivity contribution in [1.29, 1.82) is 0 Å². The van der Waals surface area contributed by atoms with Gasteiger partial charge in [-0.1, -0.05) is 42.5 Å². The number of fused-ring (bicyclic) bond motifs is 1. The summed E-state index contributed by atoms with van der Waals surface area (Å²) in [5.74, 6) is 1.98. The number of anilines is 1. The van der Waals surface area contributed by atoms with Crippen molar-refractivity contribution in [3.63, 3.8) is 0 Å². The van der Waals surface area contributed by atoms with E-state index in [0.717, 1.165) is 61.0 Å². The van der Waals surface area contributed by atoms with E-state index in [-0.39, 0.29) is 0 Å². The zero-order valence-corrected chi connectivity index (χ0v) is 15.5. The van der Waals surface area contributed by atoms with Crippen molar-refractivity contribution in [2.75, 3.05) is 38.2 Å². The molecule has 0 aliphatic carbocycles. The molecule has 1 N–H and O–H groups in total. The summed E-state index contributed by atoms with van der Waals surface area (Å²) in [6.07, 6.45) is 1.14. The Labute approximate surface area is 154 Å². The van der Waals surface area contributed by atoms with Crippen LogP contribution in [0.5, 0.6) is 5.75 Å². The molecule has 0 amide bonds. The zero-order valence-electron chi connectivity index (χ0n) is 15.5. The lowest BCUT2D eigenvalue weighted by atomic mass is 9.96. The highest BCUT2D eigenvalue weighted by atomic mass is 16.5. The number of nitrogens with one attached hydrogen (secondary N) is 1. The van der Waals surface area contributed by atoms with Gasteiger partial charge in [-0.3, -0.25) is 0 Å². The molecule has 0 radical (unpaired) electrons. The van der Waals surface area contributed by atoms with Crippen molar-refractivity contribution in [2.24, 2.45) is 0 Å². The molecular formula is C22H25N3O. The van der Waals surface area contributed by atoms with Crippen molar-refractivity contribution < 1.29 is 4.74 Å². The summed E-state index contributed by atoms with van der Waals surface area (Å²) < 4.78 is 5.62. The first-order valence-electron chi connectivity index (χ1n) is 9.28. The molecule has 2 aromatic carbocycles. The second kappa shape index (κ2) is 7.34. The van der Waals surface area contributed by atoms with Crippen molar-refractivity contribution in [1.82, 2.24) is 10.3 Å². The van der Waals surface area contributed by atoms with Crippen molar-refractivity contribution >= 4 is 16.6 Å². The van der Waals surface area contributed by atoms with Crippen LogP contribution in [0.2, 0.25) is 0 Å². The van der Waals surface area contributed by atoms with Crippen LogP contribution in [0.15, 0.2) is 48.5 Å². The highest BCUT2D eigenvalue weighted by Crippen LogP contribution is 2.39. The van der Waals surface area contributed by atoms with Crippen LogP contribution in [0.3, 0.4) is 0 Å². The van der Waals surface area contributed by atoms with Gasteiger partial charge in [0, 0.05) is 41.8 Å². The van der Waals surface area contributed by atoms with Crippen LogP contribution in [0.25, 0.3) is 21.9 Å². The predicted octanol–water partition coefficient (Wildman–Crippen LogP) is 4.02. The van der Waals surface area contributed by atoms with E-state index >= 15 is 0 Å². The third kappa shape index (κ3) is 3.01. The summed E-state index contributed by atoms with van der Waals surface area (Å²) in [7, 11) is 1.72. The molecule has 1 saturated heterocycles. The first-order valence-corrected chi connectivity index (χ1v) is 9.28. The Morgan fingerprint density at radius 1 is 0.962 bits per heavy atom. The Bertz CT molecular complexity index is 914. The molecule has 0 saturated carbocycles. The van der Waals surface area contributed by atoms with Crippen molar-refractivity contribution in [3.05, 3.63) is 54.2 Å². The van der Waals surface area contributed by atoms with E-state index in [0.29, 0.717) is 0 Å². The number of rotatable bonds is 3. The van der Waals surface area contributed by atoms with Gasteiger partial charge in [0.15, 0.2) is 0 Å². The quantitative estimate of drug-likeness (QED) is 0.776. The average molecular weight is 347 g/mol. The van der Waals surface area contributed by atoms with E-state index < -0.39 is 0 Å². The number of methoxy groups -OCH3 is 1. The summed E-state index contributed by atoms with van der Waals surface area (Å²) in [4.78, 5) is 7.48. The lowest BCUT2D eigenvalue weighted by molar-refractivity contribution is 0.416. The molecule has 4 heteroatoms. The number of hydrogen-bond acceptors (Lipinski definition) is 4. The molecule has 0 bridgehead atoms. The predicted molar refractivity (Wildman–Crippen MR) is 108 cm³/mol. The third-order valence-corrected chi connectivity index (χ3v) is 5.09. The SMILES string of the molecule is COc1ccccc1-c1c(C)nc(N2CCCNCC2)c2ccccc12. The molecule has 3 aromatic rings. The summed E-state index contributed by atoms with van der Waals surface area (Å²) in [5, 5.41) is 5.92. The zero-order chi connectivity index (χ0) is 17.9. The highest BCUT2D eigenvalue weighted by Gasteiger charge is 2.19.